The summed E-state index contributed by atoms with van der Waals surface area (Å²) < 4.78 is 12.9. The van der Waals surface area contributed by atoms with Gasteiger partial charge in [0.1, 0.15) is 6.29 Å². The van der Waals surface area contributed by atoms with E-state index < -0.39 is 22.3 Å². The van der Waals surface area contributed by atoms with Crippen LogP contribution in [0.4, 0.5) is 10.1 Å². The summed E-state index contributed by atoms with van der Waals surface area (Å²) in [6, 6.07) is 3.43. The molecule has 1 aromatic carbocycles. The van der Waals surface area contributed by atoms with E-state index in [4.69, 9.17) is 0 Å². The number of nitrogens with zero attached hydrogens (tertiary/aromatic N) is 1. The molecule has 1 rings (SSSR count). The van der Waals surface area contributed by atoms with Crippen LogP contribution in [0.25, 0.3) is 0 Å². The summed E-state index contributed by atoms with van der Waals surface area (Å²) in [6.45, 7) is 1.59. The van der Waals surface area contributed by atoms with Crippen molar-refractivity contribution in [3.8, 4) is 0 Å². The number of carbonyl (C=O) groups excluding carboxylic acids is 1. The van der Waals surface area contributed by atoms with Crippen LogP contribution < -0.4 is 0 Å². The minimum Gasteiger partial charge on any atom is -0.303 e. The van der Waals surface area contributed by atoms with Gasteiger partial charge in [0.05, 0.1) is 4.92 Å². The molecule has 0 radical (unpaired) electrons. The van der Waals surface area contributed by atoms with Crippen LogP contribution in [0.2, 0.25) is 0 Å². The van der Waals surface area contributed by atoms with Gasteiger partial charge in [-0.1, -0.05) is 13.0 Å². The number of hydrogen-bond donors (Lipinski definition) is 0. The van der Waals surface area contributed by atoms with E-state index in [1.54, 1.807) is 6.92 Å². The molecule has 1 atom stereocenters. The van der Waals surface area contributed by atoms with E-state index in [1.807, 2.05) is 0 Å². The molecular weight excluding hydrogens is 189 g/mol. The van der Waals surface area contributed by atoms with E-state index in [0.29, 0.717) is 11.8 Å². The van der Waals surface area contributed by atoms with Crippen LogP contribution in [0.3, 0.4) is 0 Å². The quantitative estimate of drug-likeness (QED) is 0.423. The molecular formula is C9H8FNO3. The molecule has 5 heteroatoms. The Kier molecular flexibility index (Phi) is 2.91. The Morgan fingerprint density at radius 2 is 2.21 bits per heavy atom. The van der Waals surface area contributed by atoms with Crippen LogP contribution >= 0.6 is 0 Å². The number of carbonyl (C=O) groups is 1. The molecule has 0 bridgehead atoms. The molecule has 0 saturated carbocycles. The zero-order valence-electron chi connectivity index (χ0n) is 7.44. The van der Waals surface area contributed by atoms with Gasteiger partial charge in [0.2, 0.25) is 5.82 Å². The Morgan fingerprint density at radius 1 is 1.57 bits per heavy atom. The molecule has 0 saturated heterocycles. The molecule has 0 spiro atoms. The van der Waals surface area contributed by atoms with Gasteiger partial charge < -0.3 is 4.79 Å². The lowest BCUT2D eigenvalue weighted by Crippen LogP contribution is -1.98. The van der Waals surface area contributed by atoms with Gasteiger partial charge in [0, 0.05) is 12.0 Å². The topological polar surface area (TPSA) is 60.2 Å². The molecule has 0 heterocycles. The fraction of sp³-hybridized carbons (Fsp3) is 0.222. The van der Waals surface area contributed by atoms with E-state index in [-0.39, 0.29) is 0 Å². The molecule has 74 valence electrons. The summed E-state index contributed by atoms with van der Waals surface area (Å²) in [7, 11) is 0. The third-order valence-corrected chi connectivity index (χ3v) is 1.90. The zero-order chi connectivity index (χ0) is 10.7. The van der Waals surface area contributed by atoms with Crippen LogP contribution in [-0.4, -0.2) is 11.2 Å². The first-order valence-electron chi connectivity index (χ1n) is 3.95. The molecule has 0 aliphatic rings. The highest BCUT2D eigenvalue weighted by atomic mass is 19.1. The maximum absolute atomic E-state index is 12.9. The molecule has 0 N–H and O–H groups in total. The van der Waals surface area contributed by atoms with E-state index in [1.165, 1.54) is 6.07 Å². The molecule has 0 amide bonds. The highest BCUT2D eigenvalue weighted by molar-refractivity contribution is 5.62. The predicted octanol–water partition coefficient (Wildman–Crippen LogP) is 2.04. The lowest BCUT2D eigenvalue weighted by Gasteiger charge is -2.03. The van der Waals surface area contributed by atoms with Gasteiger partial charge in [-0.15, -0.1) is 0 Å². The number of benzene rings is 1. The molecule has 0 fully saturated rings. The summed E-state index contributed by atoms with van der Waals surface area (Å²) >= 11 is 0. The maximum Gasteiger partial charge on any atom is 0.305 e. The van der Waals surface area contributed by atoms with Gasteiger partial charge in [-0.25, -0.2) is 0 Å². The molecule has 4 nitrogen and oxygen atoms in total. The van der Waals surface area contributed by atoms with Gasteiger partial charge in [0.25, 0.3) is 0 Å². The van der Waals surface area contributed by atoms with Crippen LogP contribution in [-0.2, 0) is 4.79 Å². The summed E-state index contributed by atoms with van der Waals surface area (Å²) in [5.74, 6) is -1.36. The highest BCUT2D eigenvalue weighted by Crippen LogP contribution is 2.22. The normalized spacial score (nSPS) is 12.1. The Labute approximate surface area is 79.5 Å². The minimum absolute atomic E-state index is 0.438. The molecule has 0 aliphatic heterocycles. The molecule has 0 aliphatic carbocycles. The molecule has 1 aromatic rings. The predicted molar refractivity (Wildman–Crippen MR) is 47.5 cm³/mol. The summed E-state index contributed by atoms with van der Waals surface area (Å²) in [5, 5.41) is 10.4. The Bertz CT molecular complexity index is 378. The van der Waals surface area contributed by atoms with Gasteiger partial charge in [0.15, 0.2) is 0 Å². The second-order valence-electron chi connectivity index (χ2n) is 2.89. The number of nitro benzene ring substituents is 1. The maximum atomic E-state index is 12.9. The van der Waals surface area contributed by atoms with Crippen LogP contribution in [0.5, 0.6) is 0 Å². The Morgan fingerprint density at radius 3 is 2.71 bits per heavy atom. The van der Waals surface area contributed by atoms with Crippen molar-refractivity contribution >= 4 is 12.0 Å². The Hall–Kier alpha value is -1.78. The summed E-state index contributed by atoms with van der Waals surface area (Å²) in [6.07, 6.45) is 0.650. The second-order valence-corrected chi connectivity index (χ2v) is 2.89. The smallest absolute Gasteiger partial charge is 0.303 e. The lowest BCUT2D eigenvalue weighted by atomic mass is 10.0. The third-order valence-electron chi connectivity index (χ3n) is 1.90. The van der Waals surface area contributed by atoms with E-state index in [0.717, 1.165) is 12.1 Å². The average Bonchev–Trinajstić information content (AvgIpc) is 2.17. The summed E-state index contributed by atoms with van der Waals surface area (Å²) in [4.78, 5) is 20.0. The van der Waals surface area contributed by atoms with Gasteiger partial charge in [-0.3, -0.25) is 10.1 Å². The van der Waals surface area contributed by atoms with Gasteiger partial charge in [-0.2, -0.15) is 4.39 Å². The van der Waals surface area contributed by atoms with Gasteiger partial charge >= 0.3 is 5.69 Å². The highest BCUT2D eigenvalue weighted by Gasteiger charge is 2.16. The van der Waals surface area contributed by atoms with E-state index >= 15 is 0 Å². The number of aldehydes is 1. The fourth-order valence-corrected chi connectivity index (χ4v) is 1.03. The van der Waals surface area contributed by atoms with Crippen molar-refractivity contribution in [2.75, 3.05) is 0 Å². The minimum atomic E-state index is -0.892. The number of rotatable bonds is 3. The standard InChI is InChI=1S/C9H8FNO3/c1-6(5-12)7-2-3-8(10)9(4-7)11(13)14/h2-6H,1H3. The van der Waals surface area contributed by atoms with Crippen LogP contribution in [0.15, 0.2) is 18.2 Å². The SMILES string of the molecule is CC(C=O)c1ccc(F)c([N+](=O)[O-])c1. The first-order valence-corrected chi connectivity index (χ1v) is 3.95. The van der Waals surface area contributed by atoms with Crippen molar-refractivity contribution < 1.29 is 14.1 Å². The second kappa shape index (κ2) is 3.95. The van der Waals surface area contributed by atoms with Crippen molar-refractivity contribution in [1.82, 2.24) is 0 Å². The monoisotopic (exact) mass is 197 g/mol. The molecule has 1 unspecified atom stereocenters. The first-order chi connectivity index (χ1) is 6.56. The van der Waals surface area contributed by atoms with E-state index in [9.17, 15) is 19.3 Å². The van der Waals surface area contributed by atoms with Crippen LogP contribution in [0, 0.1) is 15.9 Å². The number of nitro groups is 1. The first kappa shape index (κ1) is 10.3. The zero-order valence-corrected chi connectivity index (χ0v) is 7.44. The van der Waals surface area contributed by atoms with Crippen molar-refractivity contribution in [3.05, 3.63) is 39.7 Å². The van der Waals surface area contributed by atoms with E-state index in [2.05, 4.69) is 0 Å². The lowest BCUT2D eigenvalue weighted by molar-refractivity contribution is -0.387. The Balaban J connectivity index is 3.19. The number of halogens is 1. The largest absolute Gasteiger partial charge is 0.305 e. The fourth-order valence-electron chi connectivity index (χ4n) is 1.03. The molecule has 0 aromatic heterocycles. The number of hydrogen-bond acceptors (Lipinski definition) is 3. The van der Waals surface area contributed by atoms with Crippen molar-refractivity contribution in [2.45, 2.75) is 12.8 Å². The summed E-state index contributed by atoms with van der Waals surface area (Å²) in [5.41, 5.74) is -0.163. The third kappa shape index (κ3) is 1.93. The van der Waals surface area contributed by atoms with Crippen molar-refractivity contribution in [1.29, 1.82) is 0 Å². The van der Waals surface area contributed by atoms with Crippen molar-refractivity contribution in [3.63, 3.8) is 0 Å². The average molecular weight is 197 g/mol. The van der Waals surface area contributed by atoms with Crippen molar-refractivity contribution in [2.24, 2.45) is 0 Å². The van der Waals surface area contributed by atoms with Crippen LogP contribution in [0.1, 0.15) is 18.4 Å². The molecule has 14 heavy (non-hydrogen) atoms. The van der Waals surface area contributed by atoms with Gasteiger partial charge in [-0.05, 0) is 11.6 Å².